The van der Waals surface area contributed by atoms with Crippen molar-refractivity contribution in [2.75, 3.05) is 0 Å². The Labute approximate surface area is 94.2 Å². The van der Waals surface area contributed by atoms with Gasteiger partial charge in [-0.1, -0.05) is 0 Å². The van der Waals surface area contributed by atoms with Gasteiger partial charge in [-0.3, -0.25) is 0 Å². The number of nitrogens with zero attached hydrogens (tertiary/aromatic N) is 2. The molecule has 2 rings (SSSR count). The van der Waals surface area contributed by atoms with E-state index < -0.39 is 5.97 Å². The van der Waals surface area contributed by atoms with Crippen LogP contribution in [0.15, 0.2) is 0 Å². The summed E-state index contributed by atoms with van der Waals surface area (Å²) in [6.45, 7) is 0. The molecule has 0 atom stereocenters. The van der Waals surface area contributed by atoms with Crippen LogP contribution < -0.4 is 4.48 Å². The molecule has 1 saturated carbocycles. The van der Waals surface area contributed by atoms with Crippen molar-refractivity contribution < 1.29 is 9.90 Å². The van der Waals surface area contributed by atoms with Gasteiger partial charge in [-0.2, -0.15) is 0 Å². The molecule has 1 fully saturated rings. The van der Waals surface area contributed by atoms with Gasteiger partial charge < -0.3 is 0 Å². The van der Waals surface area contributed by atoms with E-state index in [1.165, 1.54) is 0 Å². The summed E-state index contributed by atoms with van der Waals surface area (Å²) >= 11 is 7.93. The Hall–Kier alpha value is -0.602. The van der Waals surface area contributed by atoms with Crippen LogP contribution in [0.1, 0.15) is 35.1 Å². The van der Waals surface area contributed by atoms with Crippen LogP contribution in [-0.4, -0.2) is 37.9 Å². The number of aromatic nitrogens is 2. The van der Waals surface area contributed by atoms with E-state index in [1.54, 1.807) is 0 Å². The summed E-state index contributed by atoms with van der Waals surface area (Å²) in [5.41, 5.74) is -0.0980. The predicted octanol–water partition coefficient (Wildman–Crippen LogP) is 0.499. The van der Waals surface area contributed by atoms with Crippen LogP contribution in [0, 0.1) is 0 Å². The molecule has 0 aromatic carbocycles. The number of hydrogen-bond donors (Lipinski definition) is 1. The first-order valence-corrected chi connectivity index (χ1v) is 5.41. The number of aromatic carboxylic acids is 1. The second-order valence-corrected chi connectivity index (χ2v) is 4.41. The third-order valence-electron chi connectivity index (χ3n) is 2.00. The van der Waals surface area contributed by atoms with Gasteiger partial charge in [0, 0.05) is 0 Å². The molecule has 1 N–H and O–H groups in total. The fourth-order valence-electron chi connectivity index (χ4n) is 1.12. The molecule has 0 saturated heterocycles. The van der Waals surface area contributed by atoms with Gasteiger partial charge in [-0.05, 0) is 0 Å². The molecular formula is C8H6AsClN2O2. The summed E-state index contributed by atoms with van der Waals surface area (Å²) in [6.07, 6.45) is 2.07. The minimum atomic E-state index is -1.10. The van der Waals surface area contributed by atoms with E-state index in [4.69, 9.17) is 16.7 Å². The third-order valence-corrected chi connectivity index (χ3v) is 3.32. The van der Waals surface area contributed by atoms with Crippen LogP contribution >= 0.6 is 11.6 Å². The van der Waals surface area contributed by atoms with Crippen LogP contribution in [0.3, 0.4) is 0 Å². The Morgan fingerprint density at radius 1 is 1.50 bits per heavy atom. The fourth-order valence-corrected chi connectivity index (χ4v) is 1.72. The molecule has 0 unspecified atom stereocenters. The van der Waals surface area contributed by atoms with Gasteiger partial charge in [0.1, 0.15) is 0 Å². The molecule has 0 bridgehead atoms. The summed E-state index contributed by atoms with van der Waals surface area (Å²) < 4.78 is 0.480. The van der Waals surface area contributed by atoms with Crippen LogP contribution in [0.2, 0.25) is 5.02 Å². The van der Waals surface area contributed by atoms with E-state index in [-0.39, 0.29) is 10.7 Å². The van der Waals surface area contributed by atoms with Crippen LogP contribution in [0.5, 0.6) is 0 Å². The van der Waals surface area contributed by atoms with E-state index in [2.05, 4.69) is 26.8 Å². The maximum atomic E-state index is 10.8. The molecule has 1 aromatic heterocycles. The van der Waals surface area contributed by atoms with Crippen LogP contribution in [-0.2, 0) is 0 Å². The number of carbonyl (C=O) groups is 1. The van der Waals surface area contributed by atoms with Crippen molar-refractivity contribution in [1.29, 1.82) is 0 Å². The molecule has 1 heterocycles. The Bertz CT molecular complexity index is 407. The van der Waals surface area contributed by atoms with Crippen molar-refractivity contribution >= 4 is 38.9 Å². The van der Waals surface area contributed by atoms with Gasteiger partial charge in [0.2, 0.25) is 0 Å². The molecule has 0 spiro atoms. The zero-order valence-corrected chi connectivity index (χ0v) is 9.70. The standard InChI is InChI=1S/C8H6AsClN2O2/c9-6-4(10)5(8(13)14)11-7(12-6)3-1-2-3/h3H,1-2H2,(H,13,14). The van der Waals surface area contributed by atoms with Crippen molar-refractivity contribution in [1.82, 2.24) is 9.97 Å². The Morgan fingerprint density at radius 2 is 2.14 bits per heavy atom. The molecule has 0 aliphatic heterocycles. The number of hydrogen-bond acceptors (Lipinski definition) is 3. The van der Waals surface area contributed by atoms with Gasteiger partial charge in [-0.25, -0.2) is 0 Å². The van der Waals surface area contributed by atoms with E-state index in [0.29, 0.717) is 16.2 Å². The van der Waals surface area contributed by atoms with Gasteiger partial charge >= 0.3 is 94.1 Å². The predicted molar refractivity (Wildman–Crippen MR) is 51.4 cm³/mol. The molecule has 0 amide bonds. The quantitative estimate of drug-likeness (QED) is 0.797. The van der Waals surface area contributed by atoms with E-state index in [0.717, 1.165) is 12.8 Å². The second-order valence-electron chi connectivity index (χ2n) is 3.15. The molecule has 2 radical (unpaired) electrons. The molecule has 1 aliphatic carbocycles. The number of carboxylic acids is 1. The zero-order valence-electron chi connectivity index (χ0n) is 7.07. The second kappa shape index (κ2) is 3.52. The van der Waals surface area contributed by atoms with E-state index in [9.17, 15) is 4.79 Å². The van der Waals surface area contributed by atoms with Crippen molar-refractivity contribution in [3.63, 3.8) is 0 Å². The van der Waals surface area contributed by atoms with Crippen molar-refractivity contribution in [2.24, 2.45) is 0 Å². The summed E-state index contributed by atoms with van der Waals surface area (Å²) in [6, 6.07) is 0. The summed E-state index contributed by atoms with van der Waals surface area (Å²) in [5, 5.41) is 8.95. The van der Waals surface area contributed by atoms with Gasteiger partial charge in [0.05, 0.1) is 0 Å². The minimum absolute atomic E-state index is 0.0980. The first-order valence-electron chi connectivity index (χ1n) is 4.09. The Kier molecular flexibility index (Phi) is 2.50. The van der Waals surface area contributed by atoms with Gasteiger partial charge in [0.25, 0.3) is 0 Å². The molecule has 6 heteroatoms. The SMILES string of the molecule is O=C(O)c1nc(C2CC2)nc([As])c1Cl. The number of carboxylic acid groups (broad SMARTS) is 1. The van der Waals surface area contributed by atoms with Crippen LogP contribution in [0.25, 0.3) is 0 Å². The third kappa shape index (κ3) is 1.77. The molecular weight excluding hydrogens is 266 g/mol. The molecule has 4 nitrogen and oxygen atoms in total. The van der Waals surface area contributed by atoms with Crippen LogP contribution in [0.4, 0.5) is 0 Å². The Balaban J connectivity index is 2.51. The normalized spacial score (nSPS) is 15.6. The molecule has 1 aliphatic rings. The van der Waals surface area contributed by atoms with E-state index in [1.807, 2.05) is 0 Å². The number of rotatable bonds is 2. The van der Waals surface area contributed by atoms with Crippen molar-refractivity contribution in [3.05, 3.63) is 16.5 Å². The summed E-state index contributed by atoms with van der Waals surface area (Å²) in [5.74, 6) is -0.178. The van der Waals surface area contributed by atoms with Crippen molar-refractivity contribution in [2.45, 2.75) is 18.8 Å². The fraction of sp³-hybridized carbons (Fsp3) is 0.375. The first kappa shape index (κ1) is 9.93. The molecule has 14 heavy (non-hydrogen) atoms. The average molecular weight is 273 g/mol. The van der Waals surface area contributed by atoms with Gasteiger partial charge in [-0.15, -0.1) is 0 Å². The maximum absolute atomic E-state index is 10.8. The Morgan fingerprint density at radius 3 is 2.64 bits per heavy atom. The average Bonchev–Trinajstić information content (AvgIpc) is 2.91. The first-order chi connectivity index (χ1) is 6.59. The summed E-state index contributed by atoms with van der Waals surface area (Å²) in [4.78, 5) is 18.9. The topological polar surface area (TPSA) is 63.1 Å². The zero-order chi connectivity index (χ0) is 10.3. The number of halogens is 1. The summed E-state index contributed by atoms with van der Waals surface area (Å²) in [7, 11) is 0. The van der Waals surface area contributed by atoms with Crippen molar-refractivity contribution in [3.8, 4) is 0 Å². The van der Waals surface area contributed by atoms with Gasteiger partial charge in [0.15, 0.2) is 0 Å². The molecule has 1 aromatic rings. The molecule has 72 valence electrons. The van der Waals surface area contributed by atoms with E-state index >= 15 is 0 Å². The monoisotopic (exact) mass is 272 g/mol.